The summed E-state index contributed by atoms with van der Waals surface area (Å²) in [6, 6.07) is 11.2. The molecule has 1 aromatic rings. The highest BCUT2D eigenvalue weighted by Gasteiger charge is 2.26. The predicted molar refractivity (Wildman–Crippen MR) is 104 cm³/mol. The average molecular weight is 319 g/mol. The van der Waals surface area contributed by atoms with Crippen LogP contribution in [-0.2, 0) is 6.54 Å². The van der Waals surface area contributed by atoms with E-state index in [1.54, 1.807) is 0 Å². The van der Waals surface area contributed by atoms with Gasteiger partial charge in [0.15, 0.2) is 0 Å². The van der Waals surface area contributed by atoms with E-state index in [-0.39, 0.29) is 0 Å². The van der Waals surface area contributed by atoms with E-state index in [1.165, 1.54) is 94.0 Å². The van der Waals surface area contributed by atoms with Crippen LogP contribution in [0, 0.1) is 0 Å². The van der Waals surface area contributed by atoms with Gasteiger partial charge in [0.05, 0.1) is 19.6 Å². The Labute approximate surface area is 145 Å². The molecule has 1 nitrogen and oxygen atoms in total. The van der Waals surface area contributed by atoms with Crippen molar-refractivity contribution in [1.29, 1.82) is 0 Å². The smallest absolute Gasteiger partial charge is 0.104 e. The molecule has 0 saturated carbocycles. The molecule has 0 unspecified atom stereocenters. The molecule has 0 amide bonds. The van der Waals surface area contributed by atoms with Gasteiger partial charge >= 0.3 is 0 Å². The monoisotopic (exact) mass is 318 g/mol. The molecule has 0 heterocycles. The van der Waals surface area contributed by atoms with Gasteiger partial charge in [-0.15, -0.1) is 0 Å². The number of unbranched alkanes of at least 4 members (excludes halogenated alkanes) is 6. The Morgan fingerprint density at radius 3 is 1.65 bits per heavy atom. The molecule has 23 heavy (non-hydrogen) atoms. The van der Waals surface area contributed by atoms with Crippen molar-refractivity contribution in [3.8, 4) is 0 Å². The molecule has 0 bridgehead atoms. The minimum absolute atomic E-state index is 1.23. The zero-order valence-electron chi connectivity index (χ0n) is 16.0. The number of benzene rings is 1. The molecule has 132 valence electrons. The molecule has 0 aliphatic rings. The molecular weight excluding hydrogens is 278 g/mol. The molecule has 0 radical (unpaired) electrons. The summed E-state index contributed by atoms with van der Waals surface area (Å²) < 4.78 is 1.31. The van der Waals surface area contributed by atoms with Gasteiger partial charge in [0, 0.05) is 5.56 Å². The summed E-state index contributed by atoms with van der Waals surface area (Å²) in [6.45, 7) is 12.3. The summed E-state index contributed by atoms with van der Waals surface area (Å²) in [6.07, 6.45) is 12.4. The van der Waals surface area contributed by atoms with Crippen molar-refractivity contribution in [2.45, 2.75) is 85.1 Å². The molecule has 0 saturated heterocycles. The third-order valence-electron chi connectivity index (χ3n) is 5.03. The highest BCUT2D eigenvalue weighted by Crippen LogP contribution is 2.20. The predicted octanol–water partition coefficient (Wildman–Crippen LogP) is 6.57. The van der Waals surface area contributed by atoms with E-state index in [4.69, 9.17) is 0 Å². The van der Waals surface area contributed by atoms with Gasteiger partial charge < -0.3 is 4.48 Å². The normalized spacial score (nSPS) is 11.8. The Morgan fingerprint density at radius 1 is 0.609 bits per heavy atom. The Kier molecular flexibility index (Phi) is 11.1. The maximum absolute atomic E-state index is 2.36. The summed E-state index contributed by atoms with van der Waals surface area (Å²) in [4.78, 5) is 0. The lowest BCUT2D eigenvalue weighted by Gasteiger charge is -2.39. The van der Waals surface area contributed by atoms with Gasteiger partial charge in [-0.25, -0.2) is 0 Å². The van der Waals surface area contributed by atoms with E-state index in [9.17, 15) is 0 Å². The number of nitrogens with zero attached hydrogens (tertiary/aromatic N) is 1. The first-order valence-corrected chi connectivity index (χ1v) is 10.2. The number of hydrogen-bond donors (Lipinski definition) is 0. The molecular formula is C22H40N+. The second-order valence-corrected chi connectivity index (χ2v) is 7.28. The van der Waals surface area contributed by atoms with E-state index in [2.05, 4.69) is 51.1 Å². The minimum Gasteiger partial charge on any atom is -0.320 e. The summed E-state index contributed by atoms with van der Waals surface area (Å²) in [5.41, 5.74) is 1.52. The van der Waals surface area contributed by atoms with Crippen LogP contribution in [0.4, 0.5) is 0 Å². The Morgan fingerprint density at radius 2 is 1.17 bits per heavy atom. The second kappa shape index (κ2) is 12.6. The fourth-order valence-corrected chi connectivity index (χ4v) is 3.77. The zero-order valence-corrected chi connectivity index (χ0v) is 16.0. The molecule has 1 rings (SSSR count). The average Bonchev–Trinajstić information content (AvgIpc) is 2.57. The van der Waals surface area contributed by atoms with Crippen LogP contribution in [-0.4, -0.2) is 24.1 Å². The first kappa shape index (κ1) is 20.2. The highest BCUT2D eigenvalue weighted by atomic mass is 15.3. The summed E-state index contributed by atoms with van der Waals surface area (Å²) in [5.74, 6) is 0. The lowest BCUT2D eigenvalue weighted by atomic mass is 10.1. The maximum atomic E-state index is 2.36. The topological polar surface area (TPSA) is 0 Å². The van der Waals surface area contributed by atoms with Crippen molar-refractivity contribution < 1.29 is 4.48 Å². The van der Waals surface area contributed by atoms with Crippen molar-refractivity contribution in [2.75, 3.05) is 19.6 Å². The quantitative estimate of drug-likeness (QED) is 0.269. The molecule has 1 heteroatoms. The van der Waals surface area contributed by atoms with Gasteiger partial charge in [-0.1, -0.05) is 76.8 Å². The van der Waals surface area contributed by atoms with Crippen LogP contribution in [0.1, 0.15) is 84.1 Å². The SMILES string of the molecule is CCCCCC[N+](CCC)(CCCCCC)Cc1ccccc1. The summed E-state index contributed by atoms with van der Waals surface area (Å²) in [7, 11) is 0. The van der Waals surface area contributed by atoms with Crippen molar-refractivity contribution in [3.05, 3.63) is 35.9 Å². The van der Waals surface area contributed by atoms with Crippen molar-refractivity contribution in [2.24, 2.45) is 0 Å². The third-order valence-corrected chi connectivity index (χ3v) is 5.03. The van der Waals surface area contributed by atoms with Gasteiger partial charge in [0.25, 0.3) is 0 Å². The van der Waals surface area contributed by atoms with Crippen LogP contribution >= 0.6 is 0 Å². The highest BCUT2D eigenvalue weighted by molar-refractivity contribution is 5.13. The Bertz CT molecular complexity index is 359. The second-order valence-electron chi connectivity index (χ2n) is 7.28. The molecule has 1 aromatic carbocycles. The van der Waals surface area contributed by atoms with E-state index >= 15 is 0 Å². The zero-order chi connectivity index (χ0) is 16.8. The molecule has 0 aliphatic heterocycles. The first-order valence-electron chi connectivity index (χ1n) is 10.2. The largest absolute Gasteiger partial charge is 0.320 e. The number of rotatable bonds is 14. The van der Waals surface area contributed by atoms with E-state index < -0.39 is 0 Å². The van der Waals surface area contributed by atoms with Gasteiger partial charge in [0.1, 0.15) is 6.54 Å². The van der Waals surface area contributed by atoms with E-state index in [0.29, 0.717) is 0 Å². The third kappa shape index (κ3) is 8.55. The van der Waals surface area contributed by atoms with Crippen molar-refractivity contribution >= 4 is 0 Å². The van der Waals surface area contributed by atoms with E-state index in [0.717, 1.165) is 0 Å². The van der Waals surface area contributed by atoms with Crippen LogP contribution in [0.25, 0.3) is 0 Å². The van der Waals surface area contributed by atoms with Crippen LogP contribution in [0.2, 0.25) is 0 Å². The van der Waals surface area contributed by atoms with Crippen molar-refractivity contribution in [3.63, 3.8) is 0 Å². The van der Waals surface area contributed by atoms with Crippen molar-refractivity contribution in [1.82, 2.24) is 0 Å². The van der Waals surface area contributed by atoms with E-state index in [1.807, 2.05) is 0 Å². The summed E-state index contributed by atoms with van der Waals surface area (Å²) >= 11 is 0. The van der Waals surface area contributed by atoms with Crippen LogP contribution in [0.3, 0.4) is 0 Å². The molecule has 0 spiro atoms. The standard InChI is InChI=1S/C22H40N/c1-4-7-9-14-19-23(18-6-3,20-15-10-8-5-2)21-22-16-12-11-13-17-22/h11-13,16-17H,4-10,14-15,18-21H2,1-3H3/q+1. The molecule has 0 aromatic heterocycles. The Balaban J connectivity index is 2.70. The summed E-state index contributed by atoms with van der Waals surface area (Å²) in [5, 5.41) is 0. The number of quaternary nitrogens is 1. The molecule has 0 aliphatic carbocycles. The molecule has 0 N–H and O–H groups in total. The minimum atomic E-state index is 1.23. The van der Waals surface area contributed by atoms with Crippen LogP contribution in [0.5, 0.6) is 0 Å². The van der Waals surface area contributed by atoms with Gasteiger partial charge in [-0.3, -0.25) is 0 Å². The Hall–Kier alpha value is -0.820. The van der Waals surface area contributed by atoms with Gasteiger partial charge in [-0.2, -0.15) is 0 Å². The lowest BCUT2D eigenvalue weighted by molar-refractivity contribution is -0.941. The van der Waals surface area contributed by atoms with Crippen LogP contribution in [0.15, 0.2) is 30.3 Å². The van der Waals surface area contributed by atoms with Crippen LogP contribution < -0.4 is 0 Å². The van der Waals surface area contributed by atoms with Gasteiger partial charge in [-0.05, 0) is 32.1 Å². The number of hydrogen-bond acceptors (Lipinski definition) is 0. The fraction of sp³-hybridized carbons (Fsp3) is 0.727. The molecule has 0 atom stereocenters. The maximum Gasteiger partial charge on any atom is 0.104 e. The van der Waals surface area contributed by atoms with Gasteiger partial charge in [0.2, 0.25) is 0 Å². The molecule has 0 fully saturated rings. The lowest BCUT2D eigenvalue weighted by Crippen LogP contribution is -2.49. The first-order chi connectivity index (χ1) is 11.3. The fourth-order valence-electron chi connectivity index (χ4n) is 3.77.